The third kappa shape index (κ3) is 4.07. The number of carboxylic acid groups (broad SMARTS) is 1. The van der Waals surface area contributed by atoms with Crippen molar-refractivity contribution < 1.29 is 15.0 Å². The van der Waals surface area contributed by atoms with E-state index >= 15 is 0 Å². The van der Waals surface area contributed by atoms with Gasteiger partial charge in [0.05, 0.1) is 0 Å². The number of hydrogen-bond donors (Lipinski definition) is 3. The average Bonchev–Trinajstić information content (AvgIpc) is 2.28. The summed E-state index contributed by atoms with van der Waals surface area (Å²) in [7, 11) is 0. The molecule has 17 heavy (non-hydrogen) atoms. The van der Waals surface area contributed by atoms with Gasteiger partial charge in [0.25, 0.3) is 0 Å². The summed E-state index contributed by atoms with van der Waals surface area (Å²) >= 11 is 0. The van der Waals surface area contributed by atoms with E-state index in [1.165, 1.54) is 0 Å². The lowest BCUT2D eigenvalue weighted by Crippen LogP contribution is -2.38. The molecular weight excluding hydrogens is 218 g/mol. The lowest BCUT2D eigenvalue weighted by molar-refractivity contribution is -0.139. The SMILES string of the molecule is CCCC(NC(C)c1cccc(O)c1)C(=O)O. The second-order valence-corrected chi connectivity index (χ2v) is 4.16. The smallest absolute Gasteiger partial charge is 0.320 e. The van der Waals surface area contributed by atoms with E-state index in [-0.39, 0.29) is 11.8 Å². The van der Waals surface area contributed by atoms with Crippen LogP contribution in [0.1, 0.15) is 38.3 Å². The minimum Gasteiger partial charge on any atom is -0.508 e. The van der Waals surface area contributed by atoms with Crippen LogP contribution in [0, 0.1) is 0 Å². The Hall–Kier alpha value is -1.55. The Balaban J connectivity index is 2.69. The lowest BCUT2D eigenvalue weighted by Gasteiger charge is -2.20. The van der Waals surface area contributed by atoms with Crippen molar-refractivity contribution in [2.75, 3.05) is 0 Å². The van der Waals surface area contributed by atoms with E-state index in [0.29, 0.717) is 6.42 Å². The van der Waals surface area contributed by atoms with Gasteiger partial charge in [0, 0.05) is 6.04 Å². The zero-order valence-electron chi connectivity index (χ0n) is 10.2. The van der Waals surface area contributed by atoms with Crippen LogP contribution in [0.2, 0.25) is 0 Å². The zero-order valence-corrected chi connectivity index (χ0v) is 10.2. The van der Waals surface area contributed by atoms with E-state index in [1.807, 2.05) is 19.9 Å². The highest BCUT2D eigenvalue weighted by molar-refractivity contribution is 5.73. The third-order valence-corrected chi connectivity index (χ3v) is 2.70. The zero-order chi connectivity index (χ0) is 12.8. The monoisotopic (exact) mass is 237 g/mol. The van der Waals surface area contributed by atoms with Gasteiger partial charge in [-0.05, 0) is 31.0 Å². The van der Waals surface area contributed by atoms with Crippen molar-refractivity contribution in [1.82, 2.24) is 5.32 Å². The van der Waals surface area contributed by atoms with Crippen molar-refractivity contribution in [1.29, 1.82) is 0 Å². The number of benzene rings is 1. The maximum absolute atomic E-state index is 11.0. The highest BCUT2D eigenvalue weighted by Gasteiger charge is 2.19. The van der Waals surface area contributed by atoms with E-state index in [0.717, 1.165) is 12.0 Å². The number of aromatic hydroxyl groups is 1. The molecule has 0 amide bonds. The van der Waals surface area contributed by atoms with Gasteiger partial charge >= 0.3 is 5.97 Å². The van der Waals surface area contributed by atoms with Crippen molar-refractivity contribution >= 4 is 5.97 Å². The molecule has 4 heteroatoms. The number of aliphatic carboxylic acids is 1. The first-order valence-corrected chi connectivity index (χ1v) is 5.82. The van der Waals surface area contributed by atoms with E-state index in [2.05, 4.69) is 5.32 Å². The first-order chi connectivity index (χ1) is 8.04. The minimum atomic E-state index is -0.834. The molecule has 2 atom stereocenters. The molecule has 94 valence electrons. The molecule has 4 nitrogen and oxygen atoms in total. The summed E-state index contributed by atoms with van der Waals surface area (Å²) in [4.78, 5) is 11.0. The van der Waals surface area contributed by atoms with Gasteiger partial charge in [-0.1, -0.05) is 25.5 Å². The largest absolute Gasteiger partial charge is 0.508 e. The highest BCUT2D eigenvalue weighted by Crippen LogP contribution is 2.18. The van der Waals surface area contributed by atoms with Crippen molar-refractivity contribution in [3.05, 3.63) is 29.8 Å². The summed E-state index contributed by atoms with van der Waals surface area (Å²) in [6.07, 6.45) is 1.41. The van der Waals surface area contributed by atoms with Crippen molar-refractivity contribution in [2.24, 2.45) is 0 Å². The summed E-state index contributed by atoms with van der Waals surface area (Å²) in [6.45, 7) is 3.84. The Bertz CT molecular complexity index is 379. The molecule has 0 aliphatic heterocycles. The average molecular weight is 237 g/mol. The van der Waals surface area contributed by atoms with Crippen LogP contribution in [0.3, 0.4) is 0 Å². The predicted octanol–water partition coefficient (Wildman–Crippen LogP) is 2.30. The van der Waals surface area contributed by atoms with Crippen LogP contribution in [0.4, 0.5) is 0 Å². The molecule has 0 aromatic heterocycles. The first kappa shape index (κ1) is 13.5. The van der Waals surface area contributed by atoms with Crippen molar-refractivity contribution in [2.45, 2.75) is 38.8 Å². The Labute approximate surface area is 101 Å². The summed E-state index contributed by atoms with van der Waals surface area (Å²) < 4.78 is 0. The molecule has 0 radical (unpaired) electrons. The molecule has 1 aromatic rings. The molecular formula is C13H19NO3. The molecule has 0 aliphatic carbocycles. The van der Waals surface area contributed by atoms with Crippen LogP contribution >= 0.6 is 0 Å². The quantitative estimate of drug-likeness (QED) is 0.710. The number of nitrogens with one attached hydrogen (secondary N) is 1. The third-order valence-electron chi connectivity index (χ3n) is 2.70. The van der Waals surface area contributed by atoms with Crippen LogP contribution in [0.15, 0.2) is 24.3 Å². The number of hydrogen-bond acceptors (Lipinski definition) is 3. The number of phenols is 1. The maximum atomic E-state index is 11.0. The van der Waals surface area contributed by atoms with E-state index < -0.39 is 12.0 Å². The molecule has 0 bridgehead atoms. The fourth-order valence-electron chi connectivity index (χ4n) is 1.76. The molecule has 0 saturated carbocycles. The Kier molecular flexibility index (Phi) is 4.97. The predicted molar refractivity (Wildman–Crippen MR) is 66.0 cm³/mol. The van der Waals surface area contributed by atoms with Gasteiger partial charge in [-0.3, -0.25) is 10.1 Å². The van der Waals surface area contributed by atoms with E-state index in [1.54, 1.807) is 18.2 Å². The van der Waals surface area contributed by atoms with Gasteiger partial charge in [-0.2, -0.15) is 0 Å². The van der Waals surface area contributed by atoms with Gasteiger partial charge < -0.3 is 10.2 Å². The van der Waals surface area contributed by atoms with Crippen LogP contribution in [-0.4, -0.2) is 22.2 Å². The van der Waals surface area contributed by atoms with Gasteiger partial charge in [0.2, 0.25) is 0 Å². The topological polar surface area (TPSA) is 69.6 Å². The molecule has 0 fully saturated rings. The fraction of sp³-hybridized carbons (Fsp3) is 0.462. The molecule has 0 heterocycles. The van der Waals surface area contributed by atoms with Gasteiger partial charge in [-0.25, -0.2) is 0 Å². The Morgan fingerprint density at radius 2 is 2.18 bits per heavy atom. The minimum absolute atomic E-state index is 0.102. The molecule has 1 aromatic carbocycles. The summed E-state index contributed by atoms with van der Waals surface area (Å²) in [6, 6.07) is 6.20. The van der Waals surface area contributed by atoms with Crippen molar-refractivity contribution in [3.8, 4) is 5.75 Å². The molecule has 0 saturated heterocycles. The number of carboxylic acids is 1. The lowest BCUT2D eigenvalue weighted by atomic mass is 10.1. The summed E-state index contributed by atoms with van der Waals surface area (Å²) in [5, 5.41) is 21.5. The van der Waals surface area contributed by atoms with Crippen LogP contribution in [0.5, 0.6) is 5.75 Å². The first-order valence-electron chi connectivity index (χ1n) is 5.82. The second kappa shape index (κ2) is 6.25. The molecule has 0 spiro atoms. The molecule has 3 N–H and O–H groups in total. The van der Waals surface area contributed by atoms with E-state index in [9.17, 15) is 9.90 Å². The van der Waals surface area contributed by atoms with Crippen molar-refractivity contribution in [3.63, 3.8) is 0 Å². The normalized spacial score (nSPS) is 14.2. The van der Waals surface area contributed by atoms with Gasteiger partial charge in [-0.15, -0.1) is 0 Å². The highest BCUT2D eigenvalue weighted by atomic mass is 16.4. The van der Waals surface area contributed by atoms with Crippen LogP contribution < -0.4 is 5.32 Å². The van der Waals surface area contributed by atoms with Gasteiger partial charge in [0.1, 0.15) is 11.8 Å². The molecule has 2 unspecified atom stereocenters. The van der Waals surface area contributed by atoms with Crippen LogP contribution in [0.25, 0.3) is 0 Å². The summed E-state index contributed by atoms with van der Waals surface area (Å²) in [5.41, 5.74) is 0.882. The molecule has 1 rings (SSSR count). The Morgan fingerprint density at radius 3 is 2.71 bits per heavy atom. The second-order valence-electron chi connectivity index (χ2n) is 4.16. The van der Waals surface area contributed by atoms with Crippen LogP contribution in [-0.2, 0) is 4.79 Å². The van der Waals surface area contributed by atoms with Gasteiger partial charge in [0.15, 0.2) is 0 Å². The fourth-order valence-corrected chi connectivity index (χ4v) is 1.76. The number of phenolic OH excluding ortho intramolecular Hbond substituents is 1. The number of carbonyl (C=O) groups is 1. The number of rotatable bonds is 6. The summed E-state index contributed by atoms with van der Waals surface area (Å²) in [5.74, 6) is -0.641. The Morgan fingerprint density at radius 1 is 1.47 bits per heavy atom. The standard InChI is InChI=1S/C13H19NO3/c1-3-5-12(13(16)17)14-9(2)10-6-4-7-11(15)8-10/h4,6-9,12,14-15H,3,5H2,1-2H3,(H,16,17). The van der Waals surface area contributed by atoms with E-state index in [4.69, 9.17) is 5.11 Å². The molecule has 0 aliphatic rings. The maximum Gasteiger partial charge on any atom is 0.320 e.